The first kappa shape index (κ1) is 15.6. The Balaban J connectivity index is -0.0000000450. The number of rotatable bonds is 0. The Morgan fingerprint density at radius 2 is 1.17 bits per heavy atom. The smallest absolute Gasteiger partial charge is 0.816 e. The maximum absolute atomic E-state index is 9.95. The van der Waals surface area contributed by atoms with Gasteiger partial charge in [0.1, 0.15) is 0 Å². The molecule has 0 aliphatic rings. The van der Waals surface area contributed by atoms with Crippen LogP contribution in [0, 0.1) is 0 Å². The van der Waals surface area contributed by atoms with E-state index in [-0.39, 0.29) is 37.7 Å². The van der Waals surface area contributed by atoms with E-state index in [0.29, 0.717) is 0 Å². The summed E-state index contributed by atoms with van der Waals surface area (Å²) in [6, 6.07) is 0. The largest absolute Gasteiger partial charge is 1.00 e. The summed E-state index contributed by atoms with van der Waals surface area (Å²) in [6.45, 7) is 0. The molecule has 0 radical (unpaired) electrons. The van der Waals surface area contributed by atoms with Gasteiger partial charge in [0.05, 0.1) is 0 Å². The van der Waals surface area contributed by atoms with Crippen molar-refractivity contribution in [3.63, 3.8) is 0 Å². The van der Waals surface area contributed by atoms with Crippen LogP contribution >= 0.6 is 8.69 Å². The van der Waals surface area contributed by atoms with E-state index in [4.69, 9.17) is 9.79 Å². The second kappa shape index (κ2) is 9.69. The van der Waals surface area contributed by atoms with Crippen molar-refractivity contribution in [2.75, 3.05) is 0 Å². The first-order valence-electron chi connectivity index (χ1n) is 0.534. The van der Waals surface area contributed by atoms with Crippen molar-refractivity contribution in [1.82, 2.24) is 0 Å². The molecular formula is FLi2O2P. The van der Waals surface area contributed by atoms with Crippen LogP contribution < -0.4 is 47.5 Å². The fourth-order valence-corrected chi connectivity index (χ4v) is 0. The third-order valence-electron chi connectivity index (χ3n) is 0. The Hall–Kier alpha value is 1.47. The quantitative estimate of drug-likeness (QED) is 0.222. The van der Waals surface area contributed by atoms with E-state index in [0.717, 1.165) is 0 Å². The van der Waals surface area contributed by atoms with Gasteiger partial charge in [0, 0.05) is 0 Å². The van der Waals surface area contributed by atoms with Gasteiger partial charge < -0.3 is 9.79 Å². The molecule has 0 N–H and O–H groups in total. The second-order valence-electron chi connectivity index (χ2n) is 0.213. The Morgan fingerprint density at radius 3 is 1.17 bits per heavy atom. The van der Waals surface area contributed by atoms with Gasteiger partial charge in [-0.1, -0.05) is 0 Å². The fraction of sp³-hybridized carbons (Fsp3) is 0. The summed E-state index contributed by atoms with van der Waals surface area (Å²) < 4.78 is 9.95. The molecule has 6 heteroatoms. The molecule has 0 fully saturated rings. The summed E-state index contributed by atoms with van der Waals surface area (Å²) in [6.07, 6.45) is 0. The standard InChI is InChI=1S/FO2P.2Li/c1-4(2)3;;/q-2;2*+1. The van der Waals surface area contributed by atoms with Gasteiger partial charge >= 0.3 is 37.7 Å². The predicted molar refractivity (Wildman–Crippen MR) is 8.03 cm³/mol. The molecule has 0 spiro atoms. The van der Waals surface area contributed by atoms with Crippen molar-refractivity contribution < 1.29 is 51.7 Å². The summed E-state index contributed by atoms with van der Waals surface area (Å²) in [4.78, 5) is 16.7. The molecule has 0 atom stereocenters. The van der Waals surface area contributed by atoms with Crippen LogP contribution in [0.1, 0.15) is 0 Å². The van der Waals surface area contributed by atoms with Crippen molar-refractivity contribution in [3.8, 4) is 0 Å². The molecule has 0 aliphatic heterocycles. The number of halogens is 1. The van der Waals surface area contributed by atoms with Crippen molar-refractivity contribution >= 4 is 8.69 Å². The molecule has 0 aromatic heterocycles. The zero-order valence-corrected chi connectivity index (χ0v) is 4.54. The minimum Gasteiger partial charge on any atom is -0.816 e. The van der Waals surface area contributed by atoms with E-state index in [1.54, 1.807) is 0 Å². The van der Waals surface area contributed by atoms with E-state index in [1.165, 1.54) is 0 Å². The maximum Gasteiger partial charge on any atom is 1.00 e. The molecule has 0 bridgehead atoms. The van der Waals surface area contributed by atoms with Gasteiger partial charge in [-0.15, -0.1) is 8.69 Å². The monoisotopic (exact) mass is 96.0 g/mol. The Bertz CT molecular complexity index is 16.3. The third-order valence-corrected chi connectivity index (χ3v) is 0. The predicted octanol–water partition coefficient (Wildman–Crippen LogP) is -7.09. The van der Waals surface area contributed by atoms with Crippen LogP contribution in [0.4, 0.5) is 4.20 Å². The third kappa shape index (κ3) is 50.4. The van der Waals surface area contributed by atoms with Gasteiger partial charge in [0.15, 0.2) is 0 Å². The first-order valence-corrected chi connectivity index (χ1v) is 1.60. The van der Waals surface area contributed by atoms with Crippen LogP contribution in [0.2, 0.25) is 0 Å². The summed E-state index contributed by atoms with van der Waals surface area (Å²) in [5.41, 5.74) is 0. The molecule has 6 heavy (non-hydrogen) atoms. The van der Waals surface area contributed by atoms with Gasteiger partial charge in [-0.25, -0.2) is 0 Å². The molecule has 0 aromatic rings. The average molecular weight is 95.9 g/mol. The van der Waals surface area contributed by atoms with E-state index >= 15 is 0 Å². The van der Waals surface area contributed by atoms with Crippen molar-refractivity contribution in [2.45, 2.75) is 0 Å². The molecular weight excluding hydrogens is 95.9 g/mol. The Morgan fingerprint density at radius 1 is 1.17 bits per heavy atom. The fourth-order valence-electron chi connectivity index (χ4n) is 0. The van der Waals surface area contributed by atoms with Crippen LogP contribution in [0.3, 0.4) is 0 Å². The molecule has 0 rings (SSSR count). The summed E-state index contributed by atoms with van der Waals surface area (Å²) >= 11 is 0. The Labute approximate surface area is 60.5 Å². The molecule has 0 unspecified atom stereocenters. The van der Waals surface area contributed by atoms with Gasteiger partial charge in [0.25, 0.3) is 0 Å². The summed E-state index contributed by atoms with van der Waals surface area (Å²) in [7, 11) is -3.62. The van der Waals surface area contributed by atoms with E-state index in [9.17, 15) is 4.20 Å². The molecule has 0 heterocycles. The van der Waals surface area contributed by atoms with Gasteiger partial charge in [-0.3, -0.25) is 4.20 Å². The molecule has 0 saturated carbocycles. The van der Waals surface area contributed by atoms with Crippen molar-refractivity contribution in [1.29, 1.82) is 0 Å². The normalized spacial score (nSPS) is 6.00. The van der Waals surface area contributed by atoms with Crippen LogP contribution in [0.15, 0.2) is 0 Å². The molecule has 0 amide bonds. The van der Waals surface area contributed by atoms with Gasteiger partial charge in [0.2, 0.25) is 0 Å². The summed E-state index contributed by atoms with van der Waals surface area (Å²) in [5.74, 6) is 0. The zero-order chi connectivity index (χ0) is 3.58. The maximum atomic E-state index is 9.95. The number of hydrogen-bond donors (Lipinski definition) is 0. The van der Waals surface area contributed by atoms with Crippen molar-refractivity contribution in [2.24, 2.45) is 0 Å². The average Bonchev–Trinajstić information content (AvgIpc) is 0.811. The second-order valence-corrected chi connectivity index (χ2v) is 0.638. The molecule has 26 valence electrons. The molecule has 2 nitrogen and oxygen atoms in total. The topological polar surface area (TPSA) is 46.1 Å². The van der Waals surface area contributed by atoms with Crippen LogP contribution in [0.25, 0.3) is 0 Å². The van der Waals surface area contributed by atoms with Crippen molar-refractivity contribution in [3.05, 3.63) is 0 Å². The molecule has 0 saturated heterocycles. The SMILES string of the molecule is [Li+].[Li+].[O-]P([O-])F. The van der Waals surface area contributed by atoms with E-state index in [1.807, 2.05) is 0 Å². The zero-order valence-electron chi connectivity index (χ0n) is 3.64. The summed E-state index contributed by atoms with van der Waals surface area (Å²) in [5, 5.41) is 0. The van der Waals surface area contributed by atoms with E-state index in [2.05, 4.69) is 0 Å². The van der Waals surface area contributed by atoms with Gasteiger partial charge in [-0.05, 0) is 0 Å². The van der Waals surface area contributed by atoms with Crippen LogP contribution in [-0.4, -0.2) is 0 Å². The van der Waals surface area contributed by atoms with Gasteiger partial charge in [-0.2, -0.15) is 0 Å². The van der Waals surface area contributed by atoms with E-state index < -0.39 is 8.69 Å². The minimum atomic E-state index is -3.62. The minimum absolute atomic E-state index is 0. The first-order chi connectivity index (χ1) is 1.73. The molecule has 0 aromatic carbocycles. The molecule has 0 aliphatic carbocycles. The Kier molecular flexibility index (Phi) is 25.3. The number of hydrogen-bond acceptors (Lipinski definition) is 2. The van der Waals surface area contributed by atoms with Crippen LogP contribution in [0.5, 0.6) is 0 Å². The van der Waals surface area contributed by atoms with Crippen LogP contribution in [-0.2, 0) is 0 Å².